The first kappa shape index (κ1) is 17.2. The Bertz CT molecular complexity index is 917. The van der Waals surface area contributed by atoms with Crippen LogP contribution in [0, 0.1) is 5.92 Å². The van der Waals surface area contributed by atoms with Crippen molar-refractivity contribution in [2.24, 2.45) is 5.92 Å². The van der Waals surface area contributed by atoms with Gasteiger partial charge >= 0.3 is 0 Å². The number of amides is 1. The zero-order valence-corrected chi connectivity index (χ0v) is 15.8. The third-order valence-electron chi connectivity index (χ3n) is 4.94. The molecule has 2 aliphatic heterocycles. The van der Waals surface area contributed by atoms with Crippen molar-refractivity contribution in [1.29, 1.82) is 0 Å². The van der Waals surface area contributed by atoms with E-state index in [1.165, 1.54) is 6.08 Å². The molecule has 7 heteroatoms. The predicted octanol–water partition coefficient (Wildman–Crippen LogP) is 2.44. The van der Waals surface area contributed by atoms with Gasteiger partial charge in [0.25, 0.3) is 5.56 Å². The highest BCUT2D eigenvalue weighted by Gasteiger charge is 2.35. The molecule has 0 aromatic carbocycles. The lowest BCUT2D eigenvalue weighted by Crippen LogP contribution is -2.52. The Morgan fingerprint density at radius 1 is 1.23 bits per heavy atom. The number of rotatable bonds is 2. The molecule has 0 aliphatic carbocycles. The molecule has 2 aromatic heterocycles. The summed E-state index contributed by atoms with van der Waals surface area (Å²) in [5.41, 5.74) is 1.14. The number of thiocarbonyl (C=S) groups is 1. The van der Waals surface area contributed by atoms with Crippen LogP contribution in [0.4, 0.5) is 0 Å². The minimum atomic E-state index is -0.212. The molecule has 2 atom stereocenters. The van der Waals surface area contributed by atoms with Gasteiger partial charge in [0.05, 0.1) is 0 Å². The number of likely N-dealkylation sites (tertiary alicyclic amines) is 1. The van der Waals surface area contributed by atoms with E-state index in [0.29, 0.717) is 11.0 Å². The van der Waals surface area contributed by atoms with Gasteiger partial charge in [0, 0.05) is 48.3 Å². The molecule has 2 aromatic rings. The summed E-state index contributed by atoms with van der Waals surface area (Å²) in [6, 6.07) is 9.37. The smallest absolute Gasteiger partial charge is 0.250 e. The van der Waals surface area contributed by atoms with Gasteiger partial charge in [-0.2, -0.15) is 0 Å². The van der Waals surface area contributed by atoms with Crippen molar-refractivity contribution < 1.29 is 4.79 Å². The summed E-state index contributed by atoms with van der Waals surface area (Å²) < 4.78 is 1.89. The van der Waals surface area contributed by atoms with Gasteiger partial charge in [0.15, 0.2) is 5.11 Å². The number of hydrogen-bond acceptors (Lipinski definition) is 4. The summed E-state index contributed by atoms with van der Waals surface area (Å²) in [6.45, 7) is 2.22. The van der Waals surface area contributed by atoms with Crippen LogP contribution >= 0.6 is 23.6 Å². The Balaban J connectivity index is 1.42. The number of piperidine rings is 1. The van der Waals surface area contributed by atoms with Gasteiger partial charge in [-0.1, -0.05) is 12.1 Å². The number of pyridine rings is 1. The molecule has 2 unspecified atom stereocenters. The molecule has 1 fully saturated rings. The molecule has 1 N–H and O–H groups in total. The second kappa shape index (κ2) is 7.17. The van der Waals surface area contributed by atoms with Gasteiger partial charge in [-0.05, 0) is 48.1 Å². The number of nitrogens with zero attached hydrogens (tertiary/aromatic N) is 2. The summed E-state index contributed by atoms with van der Waals surface area (Å²) in [5, 5.41) is 5.24. The minimum absolute atomic E-state index is 0.0697. The second-order valence-electron chi connectivity index (χ2n) is 6.75. The fourth-order valence-corrected chi connectivity index (χ4v) is 4.70. The Morgan fingerprint density at radius 2 is 2.12 bits per heavy atom. The lowest BCUT2D eigenvalue weighted by atomic mass is 9.83. The number of aromatic nitrogens is 1. The molecule has 26 heavy (non-hydrogen) atoms. The minimum Gasteiger partial charge on any atom is -0.348 e. The zero-order valence-electron chi connectivity index (χ0n) is 14.1. The molecule has 0 saturated carbocycles. The van der Waals surface area contributed by atoms with E-state index < -0.39 is 0 Å². The van der Waals surface area contributed by atoms with Gasteiger partial charge in [-0.15, -0.1) is 11.3 Å². The maximum atomic E-state index is 12.1. The summed E-state index contributed by atoms with van der Waals surface area (Å²) in [6.07, 6.45) is 4.36. The van der Waals surface area contributed by atoms with Crippen LogP contribution < -0.4 is 10.9 Å². The fraction of sp³-hybridized carbons (Fsp3) is 0.316. The van der Waals surface area contributed by atoms with Crippen LogP contribution in [-0.4, -0.2) is 33.6 Å². The van der Waals surface area contributed by atoms with Crippen molar-refractivity contribution in [2.45, 2.75) is 18.9 Å². The average molecular weight is 386 g/mol. The van der Waals surface area contributed by atoms with Crippen LogP contribution in [0.5, 0.6) is 0 Å². The lowest BCUT2D eigenvalue weighted by Gasteiger charge is -2.43. The van der Waals surface area contributed by atoms with E-state index >= 15 is 0 Å². The van der Waals surface area contributed by atoms with Crippen LogP contribution in [-0.2, 0) is 11.3 Å². The SMILES string of the molecule is O=C(/C=C/c1cccs1)NC(=S)N1CC2CC(C1)c1cccc(=O)n1C2. The van der Waals surface area contributed by atoms with E-state index in [0.717, 1.165) is 36.6 Å². The van der Waals surface area contributed by atoms with E-state index in [-0.39, 0.29) is 17.4 Å². The molecular weight excluding hydrogens is 366 g/mol. The Kier molecular flexibility index (Phi) is 4.74. The van der Waals surface area contributed by atoms with Crippen molar-refractivity contribution in [3.63, 3.8) is 0 Å². The number of carbonyl (C=O) groups is 1. The first-order valence-electron chi connectivity index (χ1n) is 8.61. The number of hydrogen-bond donors (Lipinski definition) is 1. The first-order chi connectivity index (χ1) is 12.6. The summed E-state index contributed by atoms with van der Waals surface area (Å²) >= 11 is 7.04. The quantitative estimate of drug-likeness (QED) is 0.637. The van der Waals surface area contributed by atoms with E-state index in [4.69, 9.17) is 12.2 Å². The maximum absolute atomic E-state index is 12.1. The number of carbonyl (C=O) groups excluding carboxylic acids is 1. The molecule has 2 bridgehead atoms. The van der Waals surface area contributed by atoms with Crippen LogP contribution in [0.1, 0.15) is 22.9 Å². The first-order valence-corrected chi connectivity index (χ1v) is 9.90. The molecule has 0 radical (unpaired) electrons. The van der Waals surface area contributed by atoms with Gasteiger partial charge in [-0.3, -0.25) is 14.9 Å². The van der Waals surface area contributed by atoms with Crippen LogP contribution in [0.25, 0.3) is 6.08 Å². The molecule has 4 rings (SSSR count). The Hall–Kier alpha value is -2.25. The number of nitrogens with one attached hydrogen (secondary N) is 1. The largest absolute Gasteiger partial charge is 0.348 e. The standard InChI is InChI=1S/C19H19N3O2S2/c23-17(7-6-15-3-2-8-26-15)20-19(25)21-10-13-9-14(12-21)16-4-1-5-18(24)22(16)11-13/h1-8,13-14H,9-12H2,(H,20,23,25)/b7-6+. The Labute approximate surface area is 160 Å². The molecule has 2 aliphatic rings. The van der Waals surface area contributed by atoms with Gasteiger partial charge in [0.2, 0.25) is 5.91 Å². The molecular formula is C19H19N3O2S2. The predicted molar refractivity (Wildman–Crippen MR) is 107 cm³/mol. The summed E-state index contributed by atoms with van der Waals surface area (Å²) in [7, 11) is 0. The summed E-state index contributed by atoms with van der Waals surface area (Å²) in [4.78, 5) is 27.3. The van der Waals surface area contributed by atoms with Gasteiger partial charge in [0.1, 0.15) is 0 Å². The fourth-order valence-electron chi connectivity index (χ4n) is 3.83. The van der Waals surface area contributed by atoms with Crippen molar-refractivity contribution in [1.82, 2.24) is 14.8 Å². The van der Waals surface area contributed by atoms with Crippen LogP contribution in [0.2, 0.25) is 0 Å². The van der Waals surface area contributed by atoms with Crippen LogP contribution in [0.15, 0.2) is 46.6 Å². The van der Waals surface area contributed by atoms with Crippen molar-refractivity contribution in [3.05, 3.63) is 62.7 Å². The lowest BCUT2D eigenvalue weighted by molar-refractivity contribution is -0.115. The van der Waals surface area contributed by atoms with Gasteiger partial charge in [-0.25, -0.2) is 0 Å². The topological polar surface area (TPSA) is 54.3 Å². The molecule has 1 saturated heterocycles. The highest BCUT2D eigenvalue weighted by Crippen LogP contribution is 2.34. The highest BCUT2D eigenvalue weighted by atomic mass is 32.1. The monoisotopic (exact) mass is 385 g/mol. The normalized spacial score (nSPS) is 21.5. The van der Waals surface area contributed by atoms with Crippen molar-refractivity contribution in [3.8, 4) is 0 Å². The molecule has 1 amide bonds. The number of thiophene rings is 1. The maximum Gasteiger partial charge on any atom is 0.250 e. The van der Waals surface area contributed by atoms with E-state index in [1.807, 2.05) is 34.2 Å². The zero-order chi connectivity index (χ0) is 18.1. The number of fused-ring (bicyclic) bond motifs is 4. The average Bonchev–Trinajstić information content (AvgIpc) is 3.14. The van der Waals surface area contributed by atoms with E-state index in [2.05, 4.69) is 10.2 Å². The highest BCUT2D eigenvalue weighted by molar-refractivity contribution is 7.80. The second-order valence-corrected chi connectivity index (χ2v) is 8.11. The third kappa shape index (κ3) is 3.50. The summed E-state index contributed by atoms with van der Waals surface area (Å²) in [5.74, 6) is 0.432. The van der Waals surface area contributed by atoms with Crippen molar-refractivity contribution >= 4 is 40.7 Å². The molecule has 4 heterocycles. The van der Waals surface area contributed by atoms with Crippen molar-refractivity contribution in [2.75, 3.05) is 13.1 Å². The Morgan fingerprint density at radius 3 is 2.92 bits per heavy atom. The van der Waals surface area contributed by atoms with Gasteiger partial charge < -0.3 is 9.47 Å². The third-order valence-corrected chi connectivity index (χ3v) is 6.14. The molecule has 5 nitrogen and oxygen atoms in total. The van der Waals surface area contributed by atoms with Crippen LogP contribution in [0.3, 0.4) is 0 Å². The molecule has 0 spiro atoms. The van der Waals surface area contributed by atoms with E-state index in [9.17, 15) is 9.59 Å². The molecule has 134 valence electrons. The van der Waals surface area contributed by atoms with E-state index in [1.54, 1.807) is 23.5 Å².